The van der Waals surface area contributed by atoms with Gasteiger partial charge in [0, 0.05) is 6.07 Å². The van der Waals surface area contributed by atoms with Gasteiger partial charge >= 0.3 is 0 Å². The number of amides is 1. The minimum absolute atomic E-state index is 0.101. The lowest BCUT2D eigenvalue weighted by Gasteiger charge is -2.07. The van der Waals surface area contributed by atoms with Gasteiger partial charge in [0.2, 0.25) is 0 Å². The van der Waals surface area contributed by atoms with Gasteiger partial charge < -0.3 is 16.2 Å². The van der Waals surface area contributed by atoms with Crippen LogP contribution >= 0.6 is 15.9 Å². The predicted molar refractivity (Wildman–Crippen MR) is 53.2 cm³/mol. The van der Waals surface area contributed by atoms with Gasteiger partial charge in [-0.05, 0) is 22.0 Å². The largest absolute Gasteiger partial charge is 0.482 e. The molecular weight excluding hydrogens is 255 g/mol. The van der Waals surface area contributed by atoms with Crippen molar-refractivity contribution in [2.75, 3.05) is 12.3 Å². The Bertz CT molecular complexity index is 371. The Kier molecular flexibility index (Phi) is 3.29. The summed E-state index contributed by atoms with van der Waals surface area (Å²) in [5.74, 6) is -1.06. The Balaban J connectivity index is 2.87. The van der Waals surface area contributed by atoms with E-state index in [1.165, 1.54) is 6.07 Å². The quantitative estimate of drug-likeness (QED) is 0.799. The topological polar surface area (TPSA) is 78.3 Å². The van der Waals surface area contributed by atoms with Crippen LogP contribution in [-0.4, -0.2) is 12.5 Å². The maximum absolute atomic E-state index is 13.0. The van der Waals surface area contributed by atoms with E-state index >= 15 is 0 Å². The number of hydrogen-bond acceptors (Lipinski definition) is 3. The van der Waals surface area contributed by atoms with Crippen LogP contribution in [0, 0.1) is 5.82 Å². The van der Waals surface area contributed by atoms with E-state index in [9.17, 15) is 9.18 Å². The Labute approximate surface area is 88.1 Å². The zero-order chi connectivity index (χ0) is 10.7. The van der Waals surface area contributed by atoms with Crippen LogP contribution in [0.25, 0.3) is 0 Å². The van der Waals surface area contributed by atoms with Crippen molar-refractivity contribution in [1.29, 1.82) is 0 Å². The number of hydrogen-bond donors (Lipinski definition) is 2. The molecule has 4 N–H and O–H groups in total. The van der Waals surface area contributed by atoms with Crippen molar-refractivity contribution >= 4 is 27.5 Å². The van der Waals surface area contributed by atoms with E-state index in [1.54, 1.807) is 0 Å². The number of carbonyl (C=O) groups excluding carboxylic acids is 1. The maximum atomic E-state index is 13.0. The number of nitrogen functional groups attached to an aromatic ring is 1. The van der Waals surface area contributed by atoms with Crippen molar-refractivity contribution in [3.63, 3.8) is 0 Å². The smallest absolute Gasteiger partial charge is 0.255 e. The van der Waals surface area contributed by atoms with E-state index in [0.29, 0.717) is 0 Å². The molecule has 0 aliphatic carbocycles. The van der Waals surface area contributed by atoms with Crippen molar-refractivity contribution in [2.24, 2.45) is 5.73 Å². The van der Waals surface area contributed by atoms with Gasteiger partial charge in [0.15, 0.2) is 6.61 Å². The van der Waals surface area contributed by atoms with Crippen LogP contribution in [0.4, 0.5) is 10.1 Å². The van der Waals surface area contributed by atoms with E-state index in [1.807, 2.05) is 0 Å². The molecule has 1 aromatic rings. The lowest BCUT2D eigenvalue weighted by molar-refractivity contribution is -0.119. The number of rotatable bonds is 3. The van der Waals surface area contributed by atoms with Crippen LogP contribution < -0.4 is 16.2 Å². The zero-order valence-corrected chi connectivity index (χ0v) is 8.67. The molecule has 0 radical (unpaired) electrons. The van der Waals surface area contributed by atoms with Crippen molar-refractivity contribution in [2.45, 2.75) is 0 Å². The lowest BCUT2D eigenvalue weighted by atomic mass is 10.3. The highest BCUT2D eigenvalue weighted by Gasteiger charge is 2.07. The SMILES string of the molecule is NC(=O)COc1cc(F)c(Br)cc1N. The highest BCUT2D eigenvalue weighted by Crippen LogP contribution is 2.28. The number of benzene rings is 1. The fourth-order valence-corrected chi connectivity index (χ4v) is 1.18. The number of ether oxygens (including phenoxy) is 1. The highest BCUT2D eigenvalue weighted by molar-refractivity contribution is 9.10. The summed E-state index contributed by atoms with van der Waals surface area (Å²) in [5.41, 5.74) is 10.6. The Morgan fingerprint density at radius 2 is 2.21 bits per heavy atom. The molecule has 0 saturated heterocycles. The molecule has 0 saturated carbocycles. The average Bonchev–Trinajstić information content (AvgIpc) is 2.09. The van der Waals surface area contributed by atoms with E-state index in [2.05, 4.69) is 15.9 Å². The fourth-order valence-electron chi connectivity index (χ4n) is 0.818. The number of halogens is 2. The molecule has 0 aliphatic rings. The third kappa shape index (κ3) is 2.59. The molecule has 0 unspecified atom stereocenters. The molecule has 0 atom stereocenters. The van der Waals surface area contributed by atoms with Crippen LogP contribution in [-0.2, 0) is 4.79 Å². The van der Waals surface area contributed by atoms with E-state index in [0.717, 1.165) is 6.07 Å². The maximum Gasteiger partial charge on any atom is 0.255 e. The van der Waals surface area contributed by atoms with Gasteiger partial charge in [-0.3, -0.25) is 4.79 Å². The van der Waals surface area contributed by atoms with E-state index in [-0.39, 0.29) is 22.5 Å². The van der Waals surface area contributed by atoms with Crippen LogP contribution in [0.3, 0.4) is 0 Å². The molecule has 76 valence electrons. The molecule has 0 heterocycles. The summed E-state index contributed by atoms with van der Waals surface area (Å²) in [5, 5.41) is 0. The number of carbonyl (C=O) groups is 1. The summed E-state index contributed by atoms with van der Waals surface area (Å²) in [4.78, 5) is 10.4. The zero-order valence-electron chi connectivity index (χ0n) is 7.09. The number of primary amides is 1. The third-order valence-electron chi connectivity index (χ3n) is 1.42. The second kappa shape index (κ2) is 4.28. The van der Waals surface area contributed by atoms with Crippen LogP contribution in [0.1, 0.15) is 0 Å². The molecule has 1 aromatic carbocycles. The average molecular weight is 263 g/mol. The monoisotopic (exact) mass is 262 g/mol. The summed E-state index contributed by atoms with van der Waals surface area (Å²) in [6.07, 6.45) is 0. The third-order valence-corrected chi connectivity index (χ3v) is 2.03. The number of nitrogens with two attached hydrogens (primary N) is 2. The minimum atomic E-state index is -0.646. The lowest BCUT2D eigenvalue weighted by Crippen LogP contribution is -2.20. The summed E-state index contributed by atoms with van der Waals surface area (Å²) < 4.78 is 18.1. The van der Waals surface area contributed by atoms with E-state index < -0.39 is 11.7 Å². The predicted octanol–water partition coefficient (Wildman–Crippen LogP) is 1.03. The first-order valence-electron chi connectivity index (χ1n) is 3.66. The molecule has 1 amide bonds. The van der Waals surface area contributed by atoms with E-state index in [4.69, 9.17) is 16.2 Å². The number of anilines is 1. The summed E-state index contributed by atoms with van der Waals surface area (Å²) >= 11 is 2.96. The van der Waals surface area contributed by atoms with Gasteiger partial charge in [0.25, 0.3) is 5.91 Å². The molecule has 0 aliphatic heterocycles. The van der Waals surface area contributed by atoms with Gasteiger partial charge in [-0.15, -0.1) is 0 Å². The second-order valence-electron chi connectivity index (χ2n) is 2.56. The fraction of sp³-hybridized carbons (Fsp3) is 0.125. The normalized spacial score (nSPS) is 9.86. The van der Waals surface area contributed by atoms with Crippen molar-refractivity contribution in [3.8, 4) is 5.75 Å². The molecule has 0 bridgehead atoms. The van der Waals surface area contributed by atoms with Gasteiger partial charge in [-0.25, -0.2) is 4.39 Å². The van der Waals surface area contributed by atoms with Crippen molar-refractivity contribution in [1.82, 2.24) is 0 Å². The van der Waals surface area contributed by atoms with Gasteiger partial charge in [0.05, 0.1) is 10.2 Å². The summed E-state index contributed by atoms with van der Waals surface area (Å²) in [6, 6.07) is 2.44. The second-order valence-corrected chi connectivity index (χ2v) is 3.41. The summed E-state index contributed by atoms with van der Waals surface area (Å²) in [7, 11) is 0. The van der Waals surface area contributed by atoms with Gasteiger partial charge in [0.1, 0.15) is 11.6 Å². The van der Waals surface area contributed by atoms with Crippen LogP contribution in [0.15, 0.2) is 16.6 Å². The molecule has 14 heavy (non-hydrogen) atoms. The molecule has 1 rings (SSSR count). The Morgan fingerprint density at radius 3 is 2.79 bits per heavy atom. The van der Waals surface area contributed by atoms with Gasteiger partial charge in [-0.2, -0.15) is 0 Å². The molecule has 0 fully saturated rings. The molecule has 6 heteroatoms. The molecule has 0 spiro atoms. The molecule has 4 nitrogen and oxygen atoms in total. The molecular formula is C8H8BrFN2O2. The minimum Gasteiger partial charge on any atom is -0.482 e. The van der Waals surface area contributed by atoms with Crippen molar-refractivity contribution in [3.05, 3.63) is 22.4 Å². The van der Waals surface area contributed by atoms with Crippen LogP contribution in [0.5, 0.6) is 5.75 Å². The van der Waals surface area contributed by atoms with Gasteiger partial charge in [-0.1, -0.05) is 0 Å². The van der Waals surface area contributed by atoms with Crippen LogP contribution in [0.2, 0.25) is 0 Å². The van der Waals surface area contributed by atoms with Crippen molar-refractivity contribution < 1.29 is 13.9 Å². The highest BCUT2D eigenvalue weighted by atomic mass is 79.9. The Hall–Kier alpha value is -1.30. The standard InChI is InChI=1S/C8H8BrFN2O2/c9-4-1-6(11)7(2-5(4)10)14-3-8(12)13/h1-2H,3,11H2,(H2,12,13). The first-order valence-corrected chi connectivity index (χ1v) is 4.45. The Morgan fingerprint density at radius 1 is 1.57 bits per heavy atom. The first-order chi connectivity index (χ1) is 6.50. The first kappa shape index (κ1) is 10.8. The molecule has 0 aromatic heterocycles. The summed E-state index contributed by atoms with van der Waals surface area (Å²) in [6.45, 7) is -0.328.